The molecule has 5 nitrogen and oxygen atoms in total. The first-order chi connectivity index (χ1) is 10.6. The maximum absolute atomic E-state index is 11.9. The van der Waals surface area contributed by atoms with Crippen LogP contribution in [0.15, 0.2) is 15.8 Å². The van der Waals surface area contributed by atoms with E-state index in [2.05, 4.69) is 27.2 Å². The molecule has 0 radical (unpaired) electrons. The molecule has 0 bridgehead atoms. The quantitative estimate of drug-likeness (QED) is 0.787. The van der Waals surface area contributed by atoms with E-state index in [4.69, 9.17) is 0 Å². The monoisotopic (exact) mass is 336 g/mol. The molecule has 0 aromatic carbocycles. The van der Waals surface area contributed by atoms with Gasteiger partial charge in [-0.25, -0.2) is 15.0 Å². The highest BCUT2D eigenvalue weighted by Gasteiger charge is 2.08. The van der Waals surface area contributed by atoms with Gasteiger partial charge < -0.3 is 5.32 Å². The van der Waals surface area contributed by atoms with E-state index >= 15 is 0 Å². The molecule has 0 saturated heterocycles. The lowest BCUT2D eigenvalue weighted by atomic mass is 10.3. The van der Waals surface area contributed by atoms with E-state index < -0.39 is 0 Å². The minimum absolute atomic E-state index is 0.0114. The summed E-state index contributed by atoms with van der Waals surface area (Å²) in [5, 5.41) is 4.85. The number of carbonyl (C=O) groups is 1. The SMILES string of the molecule is CCSc1nc(CC(=O)NCCc2nc(C)cc(C)n2)cs1. The minimum Gasteiger partial charge on any atom is -0.355 e. The van der Waals surface area contributed by atoms with Crippen molar-refractivity contribution in [3.8, 4) is 0 Å². The number of nitrogens with one attached hydrogen (secondary N) is 1. The van der Waals surface area contributed by atoms with E-state index in [-0.39, 0.29) is 5.91 Å². The van der Waals surface area contributed by atoms with E-state index in [1.807, 2.05) is 25.3 Å². The lowest BCUT2D eigenvalue weighted by Crippen LogP contribution is -2.27. The number of carbonyl (C=O) groups excluding carboxylic acids is 1. The smallest absolute Gasteiger partial charge is 0.226 e. The number of thioether (sulfide) groups is 1. The summed E-state index contributed by atoms with van der Waals surface area (Å²) in [7, 11) is 0. The Morgan fingerprint density at radius 1 is 1.27 bits per heavy atom. The second-order valence-electron chi connectivity index (χ2n) is 4.88. The molecule has 2 rings (SSSR count). The number of amides is 1. The van der Waals surface area contributed by atoms with Gasteiger partial charge in [0.05, 0.1) is 12.1 Å². The van der Waals surface area contributed by atoms with Crippen LogP contribution in [0.4, 0.5) is 0 Å². The first-order valence-electron chi connectivity index (χ1n) is 7.22. The number of hydrogen-bond donors (Lipinski definition) is 1. The first kappa shape index (κ1) is 16.9. The van der Waals surface area contributed by atoms with Gasteiger partial charge in [-0.05, 0) is 25.7 Å². The molecule has 0 spiro atoms. The molecule has 22 heavy (non-hydrogen) atoms. The fourth-order valence-electron chi connectivity index (χ4n) is 2.01. The molecule has 0 aliphatic heterocycles. The van der Waals surface area contributed by atoms with Gasteiger partial charge in [0.25, 0.3) is 0 Å². The Balaban J connectivity index is 1.77. The van der Waals surface area contributed by atoms with Crippen molar-refractivity contribution in [3.05, 3.63) is 34.4 Å². The summed E-state index contributed by atoms with van der Waals surface area (Å²) in [4.78, 5) is 25.1. The van der Waals surface area contributed by atoms with Crippen molar-refractivity contribution in [1.82, 2.24) is 20.3 Å². The molecule has 0 saturated carbocycles. The van der Waals surface area contributed by atoms with E-state index in [0.29, 0.717) is 19.4 Å². The number of aryl methyl sites for hydroxylation is 2. The topological polar surface area (TPSA) is 67.8 Å². The Labute approximate surface area is 139 Å². The Morgan fingerprint density at radius 2 is 2.00 bits per heavy atom. The Bertz CT molecular complexity index is 622. The number of aromatic nitrogens is 3. The summed E-state index contributed by atoms with van der Waals surface area (Å²) < 4.78 is 1.02. The molecule has 1 amide bonds. The number of thiazole rings is 1. The third-order valence-corrected chi connectivity index (χ3v) is 4.79. The zero-order valence-corrected chi connectivity index (χ0v) is 14.7. The molecular formula is C15H20N4OS2. The molecule has 2 aromatic heterocycles. The zero-order valence-electron chi connectivity index (χ0n) is 13.0. The van der Waals surface area contributed by atoms with Crippen molar-refractivity contribution in [2.24, 2.45) is 0 Å². The molecule has 2 aromatic rings. The van der Waals surface area contributed by atoms with Crippen molar-refractivity contribution in [2.45, 2.75) is 38.0 Å². The minimum atomic E-state index is -0.0114. The third kappa shape index (κ3) is 5.38. The van der Waals surface area contributed by atoms with Crippen LogP contribution in [0.25, 0.3) is 0 Å². The van der Waals surface area contributed by atoms with Gasteiger partial charge in [0.1, 0.15) is 10.2 Å². The van der Waals surface area contributed by atoms with E-state index in [0.717, 1.165) is 33.0 Å². The van der Waals surface area contributed by atoms with Crippen molar-refractivity contribution >= 4 is 29.0 Å². The highest BCUT2D eigenvalue weighted by molar-refractivity contribution is 8.00. The van der Waals surface area contributed by atoms with Gasteiger partial charge in [-0.15, -0.1) is 11.3 Å². The summed E-state index contributed by atoms with van der Waals surface area (Å²) in [6, 6.07) is 1.94. The van der Waals surface area contributed by atoms with Gasteiger partial charge in [-0.2, -0.15) is 0 Å². The lowest BCUT2D eigenvalue weighted by molar-refractivity contribution is -0.120. The average Bonchev–Trinajstić information content (AvgIpc) is 2.85. The van der Waals surface area contributed by atoms with E-state index in [1.165, 1.54) is 0 Å². The summed E-state index contributed by atoms with van der Waals surface area (Å²) in [5.74, 6) is 1.76. The molecule has 0 aliphatic rings. The average molecular weight is 336 g/mol. The fraction of sp³-hybridized carbons (Fsp3) is 0.467. The van der Waals surface area contributed by atoms with Crippen LogP contribution in [0.2, 0.25) is 0 Å². The molecule has 118 valence electrons. The van der Waals surface area contributed by atoms with E-state index in [9.17, 15) is 4.79 Å². The van der Waals surface area contributed by atoms with Crippen LogP contribution in [0.3, 0.4) is 0 Å². The predicted octanol–water partition coefficient (Wildman–Crippen LogP) is 2.56. The van der Waals surface area contributed by atoms with Crippen molar-refractivity contribution in [2.75, 3.05) is 12.3 Å². The van der Waals surface area contributed by atoms with Gasteiger partial charge in [-0.3, -0.25) is 4.79 Å². The van der Waals surface area contributed by atoms with Crippen molar-refractivity contribution in [1.29, 1.82) is 0 Å². The molecule has 0 aliphatic carbocycles. The van der Waals surface area contributed by atoms with Crippen molar-refractivity contribution in [3.63, 3.8) is 0 Å². The first-order valence-corrected chi connectivity index (χ1v) is 9.08. The predicted molar refractivity (Wildman–Crippen MR) is 90.4 cm³/mol. The third-order valence-electron chi connectivity index (χ3n) is 2.84. The van der Waals surface area contributed by atoms with Gasteiger partial charge in [-0.1, -0.05) is 18.7 Å². The van der Waals surface area contributed by atoms with Gasteiger partial charge in [0.15, 0.2) is 0 Å². The van der Waals surface area contributed by atoms with E-state index in [1.54, 1.807) is 23.1 Å². The zero-order chi connectivity index (χ0) is 15.9. The van der Waals surface area contributed by atoms with Gasteiger partial charge >= 0.3 is 0 Å². The Hall–Kier alpha value is -1.47. The molecule has 0 unspecified atom stereocenters. The largest absolute Gasteiger partial charge is 0.355 e. The highest BCUT2D eigenvalue weighted by atomic mass is 32.2. The van der Waals surface area contributed by atoms with Crippen molar-refractivity contribution < 1.29 is 4.79 Å². The normalized spacial score (nSPS) is 10.7. The summed E-state index contributed by atoms with van der Waals surface area (Å²) in [6.45, 7) is 6.53. The summed E-state index contributed by atoms with van der Waals surface area (Å²) in [5.41, 5.74) is 2.75. The Kier molecular flexibility index (Phi) is 6.33. The molecule has 7 heteroatoms. The van der Waals surface area contributed by atoms with Crippen LogP contribution in [0, 0.1) is 13.8 Å². The summed E-state index contributed by atoms with van der Waals surface area (Å²) >= 11 is 3.29. The molecular weight excluding hydrogens is 316 g/mol. The standard InChI is InChI=1S/C15H20N4OS2/c1-4-21-15-19-12(9-22-15)8-14(20)16-6-5-13-17-10(2)7-11(3)18-13/h7,9H,4-6,8H2,1-3H3,(H,16,20). The Morgan fingerprint density at radius 3 is 2.68 bits per heavy atom. The lowest BCUT2D eigenvalue weighted by Gasteiger charge is -2.05. The molecule has 2 heterocycles. The number of rotatable bonds is 7. The van der Waals surface area contributed by atoms with Crippen LogP contribution >= 0.6 is 23.1 Å². The number of nitrogens with zero attached hydrogens (tertiary/aromatic N) is 3. The van der Waals surface area contributed by atoms with Crippen LogP contribution in [0.5, 0.6) is 0 Å². The van der Waals surface area contributed by atoms with Crippen LogP contribution < -0.4 is 5.32 Å². The van der Waals surface area contributed by atoms with Gasteiger partial charge in [0, 0.05) is 29.7 Å². The van der Waals surface area contributed by atoms with Gasteiger partial charge in [0.2, 0.25) is 5.91 Å². The fourth-order valence-corrected chi connectivity index (χ4v) is 3.75. The number of hydrogen-bond acceptors (Lipinski definition) is 6. The molecule has 0 fully saturated rings. The van der Waals surface area contributed by atoms with Crippen LogP contribution in [-0.4, -0.2) is 33.2 Å². The highest BCUT2D eigenvalue weighted by Crippen LogP contribution is 2.22. The van der Waals surface area contributed by atoms with Crippen LogP contribution in [-0.2, 0) is 17.6 Å². The second kappa shape index (κ2) is 8.24. The molecule has 0 atom stereocenters. The molecule has 1 N–H and O–H groups in total. The summed E-state index contributed by atoms with van der Waals surface area (Å²) in [6.07, 6.45) is 0.969. The maximum atomic E-state index is 11.9. The second-order valence-corrected chi connectivity index (χ2v) is 7.25. The van der Waals surface area contributed by atoms with Crippen LogP contribution in [0.1, 0.15) is 29.8 Å². The maximum Gasteiger partial charge on any atom is 0.226 e.